The van der Waals surface area contributed by atoms with Crippen LogP contribution in [-0.2, 0) is 6.42 Å². The van der Waals surface area contributed by atoms with Gasteiger partial charge in [-0.05, 0) is 38.7 Å². The third-order valence-electron chi connectivity index (χ3n) is 3.12. The number of fused-ring (bicyclic) bond motifs is 1. The van der Waals surface area contributed by atoms with Crippen LogP contribution in [-0.4, -0.2) is 32.1 Å². The Morgan fingerprint density at radius 2 is 2.00 bits per heavy atom. The molecule has 0 saturated heterocycles. The molecule has 2 nitrogen and oxygen atoms in total. The molecular weight excluding hydrogens is 172 g/mol. The highest BCUT2D eigenvalue weighted by Crippen LogP contribution is 2.34. The second-order valence-electron chi connectivity index (χ2n) is 4.21. The van der Waals surface area contributed by atoms with Crippen molar-refractivity contribution in [1.29, 1.82) is 0 Å². The smallest absolute Gasteiger partial charge is 0.0501 e. The summed E-state index contributed by atoms with van der Waals surface area (Å²) in [6.45, 7) is 0. The Balaban J connectivity index is 2.37. The lowest BCUT2D eigenvalue weighted by Gasteiger charge is -2.26. The summed E-state index contributed by atoms with van der Waals surface area (Å²) in [6.07, 6.45) is 1.15. The highest BCUT2D eigenvalue weighted by Gasteiger charge is 2.32. The third kappa shape index (κ3) is 1.45. The highest BCUT2D eigenvalue weighted by atomic mass is 15.1. The van der Waals surface area contributed by atoms with Crippen molar-refractivity contribution in [1.82, 2.24) is 10.2 Å². The molecule has 0 amide bonds. The van der Waals surface area contributed by atoms with E-state index in [-0.39, 0.29) is 0 Å². The Kier molecular flexibility index (Phi) is 2.57. The molecular formula is C12H18N2. The third-order valence-corrected chi connectivity index (χ3v) is 3.12. The molecule has 0 spiro atoms. The molecule has 1 aromatic rings. The number of nitrogens with one attached hydrogen (secondary N) is 1. The Hall–Kier alpha value is -0.860. The van der Waals surface area contributed by atoms with Crippen molar-refractivity contribution in [2.24, 2.45) is 0 Å². The second-order valence-corrected chi connectivity index (χ2v) is 4.21. The van der Waals surface area contributed by atoms with Gasteiger partial charge in [-0.15, -0.1) is 0 Å². The maximum absolute atomic E-state index is 3.40. The fourth-order valence-electron chi connectivity index (χ4n) is 2.47. The van der Waals surface area contributed by atoms with Crippen molar-refractivity contribution in [2.75, 3.05) is 21.1 Å². The predicted octanol–water partition coefficient (Wildman–Crippen LogP) is 1.43. The molecule has 1 aliphatic carbocycles. The van der Waals surface area contributed by atoms with E-state index in [1.165, 1.54) is 11.1 Å². The molecule has 76 valence electrons. The number of hydrogen-bond donors (Lipinski definition) is 1. The van der Waals surface area contributed by atoms with Crippen LogP contribution in [0.2, 0.25) is 0 Å². The number of nitrogens with zero attached hydrogens (tertiary/aromatic N) is 1. The number of hydrogen-bond acceptors (Lipinski definition) is 2. The first-order valence-electron chi connectivity index (χ1n) is 5.15. The minimum absolute atomic E-state index is 0.524. The van der Waals surface area contributed by atoms with Crippen molar-refractivity contribution in [3.05, 3.63) is 35.4 Å². The van der Waals surface area contributed by atoms with E-state index in [4.69, 9.17) is 0 Å². The normalized spacial score (nSPS) is 25.4. The van der Waals surface area contributed by atoms with Crippen molar-refractivity contribution in [2.45, 2.75) is 18.5 Å². The van der Waals surface area contributed by atoms with Crippen LogP contribution in [0.3, 0.4) is 0 Å². The summed E-state index contributed by atoms with van der Waals surface area (Å²) >= 11 is 0. The summed E-state index contributed by atoms with van der Waals surface area (Å²) in [4.78, 5) is 2.30. The maximum atomic E-state index is 3.40. The van der Waals surface area contributed by atoms with Crippen molar-refractivity contribution in [3.8, 4) is 0 Å². The van der Waals surface area contributed by atoms with Gasteiger partial charge in [-0.25, -0.2) is 0 Å². The Bertz CT molecular complexity index is 320. The van der Waals surface area contributed by atoms with Gasteiger partial charge in [0.1, 0.15) is 0 Å². The van der Waals surface area contributed by atoms with Gasteiger partial charge >= 0.3 is 0 Å². The maximum Gasteiger partial charge on any atom is 0.0501 e. The van der Waals surface area contributed by atoms with Gasteiger partial charge in [0.25, 0.3) is 0 Å². The van der Waals surface area contributed by atoms with Gasteiger partial charge in [-0.2, -0.15) is 0 Å². The quantitative estimate of drug-likeness (QED) is 0.759. The molecule has 14 heavy (non-hydrogen) atoms. The van der Waals surface area contributed by atoms with Crippen LogP contribution in [0.1, 0.15) is 17.2 Å². The van der Waals surface area contributed by atoms with E-state index in [1.807, 2.05) is 7.05 Å². The second kappa shape index (κ2) is 3.71. The monoisotopic (exact) mass is 190 g/mol. The first-order chi connectivity index (χ1) is 6.74. The molecule has 1 aliphatic rings. The summed E-state index contributed by atoms with van der Waals surface area (Å²) in [5.41, 5.74) is 2.97. The fraction of sp³-hybridized carbons (Fsp3) is 0.500. The van der Waals surface area contributed by atoms with Crippen LogP contribution in [0.25, 0.3) is 0 Å². The van der Waals surface area contributed by atoms with Gasteiger partial charge in [0.15, 0.2) is 0 Å². The Morgan fingerprint density at radius 1 is 1.29 bits per heavy atom. The van der Waals surface area contributed by atoms with E-state index in [0.29, 0.717) is 12.1 Å². The number of benzene rings is 1. The molecule has 2 heteroatoms. The lowest BCUT2D eigenvalue weighted by molar-refractivity contribution is 0.253. The Morgan fingerprint density at radius 3 is 2.64 bits per heavy atom. The highest BCUT2D eigenvalue weighted by molar-refractivity contribution is 5.37. The summed E-state index contributed by atoms with van der Waals surface area (Å²) in [5, 5.41) is 3.40. The molecule has 0 unspecified atom stereocenters. The summed E-state index contributed by atoms with van der Waals surface area (Å²) in [6, 6.07) is 9.83. The molecule has 1 N–H and O–H groups in total. The molecule has 0 heterocycles. The lowest BCUT2D eigenvalue weighted by atomic mass is 10.1. The fourth-order valence-corrected chi connectivity index (χ4v) is 2.47. The van der Waals surface area contributed by atoms with Gasteiger partial charge < -0.3 is 10.2 Å². The molecule has 0 bridgehead atoms. The van der Waals surface area contributed by atoms with Crippen molar-refractivity contribution in [3.63, 3.8) is 0 Å². The number of likely N-dealkylation sites (N-methyl/N-ethyl adjacent to an activating group) is 2. The molecule has 0 radical (unpaired) electrons. The predicted molar refractivity (Wildman–Crippen MR) is 59.4 cm³/mol. The van der Waals surface area contributed by atoms with E-state index in [2.05, 4.69) is 48.6 Å². The van der Waals surface area contributed by atoms with Crippen LogP contribution in [0.15, 0.2) is 24.3 Å². The van der Waals surface area contributed by atoms with Gasteiger partial charge in [0.2, 0.25) is 0 Å². The molecule has 0 aliphatic heterocycles. The molecule has 0 fully saturated rings. The molecule has 2 rings (SSSR count). The van der Waals surface area contributed by atoms with Gasteiger partial charge in [0, 0.05) is 6.04 Å². The zero-order valence-corrected chi connectivity index (χ0v) is 9.12. The van der Waals surface area contributed by atoms with E-state index in [9.17, 15) is 0 Å². The molecule has 0 aromatic heterocycles. The average molecular weight is 190 g/mol. The zero-order chi connectivity index (χ0) is 10.1. The minimum Gasteiger partial charge on any atom is -0.315 e. The first-order valence-corrected chi connectivity index (χ1v) is 5.15. The lowest BCUT2D eigenvalue weighted by Crippen LogP contribution is -2.36. The van der Waals surface area contributed by atoms with E-state index in [1.54, 1.807) is 0 Å². The van der Waals surface area contributed by atoms with Gasteiger partial charge in [-0.3, -0.25) is 0 Å². The van der Waals surface area contributed by atoms with Crippen molar-refractivity contribution < 1.29 is 0 Å². The molecule has 2 atom stereocenters. The summed E-state index contributed by atoms with van der Waals surface area (Å²) in [7, 11) is 6.35. The van der Waals surface area contributed by atoms with Crippen LogP contribution >= 0.6 is 0 Å². The van der Waals surface area contributed by atoms with Crippen LogP contribution in [0.5, 0.6) is 0 Å². The zero-order valence-electron chi connectivity index (χ0n) is 9.12. The first kappa shape index (κ1) is 9.69. The van der Waals surface area contributed by atoms with Crippen molar-refractivity contribution >= 4 is 0 Å². The van der Waals surface area contributed by atoms with E-state index < -0.39 is 0 Å². The van der Waals surface area contributed by atoms with Crippen LogP contribution < -0.4 is 5.32 Å². The molecule has 0 saturated carbocycles. The number of rotatable bonds is 2. The Labute approximate surface area is 85.9 Å². The van der Waals surface area contributed by atoms with E-state index >= 15 is 0 Å². The van der Waals surface area contributed by atoms with Crippen LogP contribution in [0, 0.1) is 0 Å². The SMILES string of the molecule is CN[C@@H]1Cc2ccccc2[C@@H]1N(C)C. The standard InChI is InChI=1S/C12H18N2/c1-13-11-8-9-6-4-5-7-10(9)12(11)14(2)3/h4-7,11-13H,8H2,1-3H3/t11-,12+/m1/s1. The van der Waals surface area contributed by atoms with Gasteiger partial charge in [0.05, 0.1) is 6.04 Å². The van der Waals surface area contributed by atoms with E-state index in [0.717, 1.165) is 6.42 Å². The van der Waals surface area contributed by atoms with Gasteiger partial charge in [-0.1, -0.05) is 24.3 Å². The average Bonchev–Trinajstić information content (AvgIpc) is 2.55. The summed E-state index contributed by atoms with van der Waals surface area (Å²) in [5.74, 6) is 0. The minimum atomic E-state index is 0.524. The summed E-state index contributed by atoms with van der Waals surface area (Å²) < 4.78 is 0. The largest absolute Gasteiger partial charge is 0.315 e. The molecule has 1 aromatic carbocycles. The topological polar surface area (TPSA) is 15.3 Å². The van der Waals surface area contributed by atoms with Crippen LogP contribution in [0.4, 0.5) is 0 Å².